The van der Waals surface area contributed by atoms with E-state index >= 15 is 0 Å². The minimum atomic E-state index is 0.296. The van der Waals surface area contributed by atoms with Crippen molar-refractivity contribution in [3.05, 3.63) is 18.5 Å². The fourth-order valence-electron chi connectivity index (χ4n) is 2.95. The molecule has 1 fully saturated rings. The van der Waals surface area contributed by atoms with E-state index in [4.69, 9.17) is 0 Å². The SMILES string of the molecule is c1cc2c(cn1)NCC1(CCCCCC1)N2. The van der Waals surface area contributed by atoms with Crippen LogP contribution in [0.25, 0.3) is 0 Å². The van der Waals surface area contributed by atoms with Gasteiger partial charge in [0.1, 0.15) is 0 Å². The molecule has 3 nitrogen and oxygen atoms in total. The van der Waals surface area contributed by atoms with Crippen molar-refractivity contribution in [2.24, 2.45) is 0 Å². The molecule has 86 valence electrons. The highest BCUT2D eigenvalue weighted by Crippen LogP contribution is 2.36. The van der Waals surface area contributed by atoms with E-state index in [1.807, 2.05) is 12.4 Å². The van der Waals surface area contributed by atoms with Gasteiger partial charge in [-0.1, -0.05) is 25.7 Å². The van der Waals surface area contributed by atoms with Gasteiger partial charge in [-0.3, -0.25) is 4.98 Å². The summed E-state index contributed by atoms with van der Waals surface area (Å²) in [5.74, 6) is 0. The Morgan fingerprint density at radius 3 is 2.69 bits per heavy atom. The Morgan fingerprint density at radius 2 is 1.88 bits per heavy atom. The molecule has 1 aromatic rings. The fraction of sp³-hybridized carbons (Fsp3) is 0.615. The number of hydrogen-bond acceptors (Lipinski definition) is 3. The van der Waals surface area contributed by atoms with Gasteiger partial charge in [0.05, 0.1) is 23.1 Å². The van der Waals surface area contributed by atoms with Crippen molar-refractivity contribution >= 4 is 11.4 Å². The topological polar surface area (TPSA) is 37.0 Å². The Kier molecular flexibility index (Phi) is 2.46. The summed E-state index contributed by atoms with van der Waals surface area (Å²) in [6, 6.07) is 2.08. The van der Waals surface area contributed by atoms with E-state index in [1.54, 1.807) is 0 Å². The zero-order valence-corrected chi connectivity index (χ0v) is 9.63. The second-order valence-corrected chi connectivity index (χ2v) is 5.09. The summed E-state index contributed by atoms with van der Waals surface area (Å²) in [5.41, 5.74) is 2.67. The summed E-state index contributed by atoms with van der Waals surface area (Å²) in [4.78, 5) is 4.15. The Labute approximate surface area is 96.7 Å². The molecule has 3 heteroatoms. The lowest BCUT2D eigenvalue weighted by atomic mass is 9.88. The molecule has 2 heterocycles. The first-order valence-corrected chi connectivity index (χ1v) is 6.34. The molecule has 1 aliphatic heterocycles. The van der Waals surface area contributed by atoms with Crippen LogP contribution in [0, 0.1) is 0 Å². The second-order valence-electron chi connectivity index (χ2n) is 5.09. The summed E-state index contributed by atoms with van der Waals surface area (Å²) < 4.78 is 0. The highest BCUT2D eigenvalue weighted by atomic mass is 15.1. The van der Waals surface area contributed by atoms with Gasteiger partial charge in [-0.2, -0.15) is 0 Å². The van der Waals surface area contributed by atoms with Crippen LogP contribution in [-0.2, 0) is 0 Å². The number of nitrogens with zero attached hydrogens (tertiary/aromatic N) is 1. The molecule has 0 saturated heterocycles. The largest absolute Gasteiger partial charge is 0.380 e. The third-order valence-corrected chi connectivity index (χ3v) is 3.90. The zero-order valence-electron chi connectivity index (χ0n) is 9.63. The molecular weight excluding hydrogens is 198 g/mol. The van der Waals surface area contributed by atoms with Crippen LogP contribution in [0.5, 0.6) is 0 Å². The molecule has 0 aromatic carbocycles. The van der Waals surface area contributed by atoms with Crippen LogP contribution in [0.4, 0.5) is 11.4 Å². The van der Waals surface area contributed by atoms with Crippen molar-refractivity contribution in [3.8, 4) is 0 Å². The first-order chi connectivity index (χ1) is 7.88. The molecule has 1 aliphatic carbocycles. The smallest absolute Gasteiger partial charge is 0.0763 e. The maximum absolute atomic E-state index is 4.15. The average Bonchev–Trinajstić information content (AvgIpc) is 2.55. The van der Waals surface area contributed by atoms with Crippen molar-refractivity contribution < 1.29 is 0 Å². The maximum Gasteiger partial charge on any atom is 0.0763 e. The molecule has 1 aromatic heterocycles. The first kappa shape index (κ1) is 9.94. The van der Waals surface area contributed by atoms with Crippen molar-refractivity contribution in [1.29, 1.82) is 0 Å². The Hall–Kier alpha value is -1.25. The number of fused-ring (bicyclic) bond motifs is 1. The van der Waals surface area contributed by atoms with Gasteiger partial charge in [0.15, 0.2) is 0 Å². The monoisotopic (exact) mass is 217 g/mol. The quantitative estimate of drug-likeness (QED) is 0.701. The van der Waals surface area contributed by atoms with Crippen LogP contribution in [0.1, 0.15) is 38.5 Å². The van der Waals surface area contributed by atoms with Gasteiger partial charge >= 0.3 is 0 Å². The summed E-state index contributed by atoms with van der Waals surface area (Å²) >= 11 is 0. The lowest BCUT2D eigenvalue weighted by molar-refractivity contribution is 0.423. The third kappa shape index (κ3) is 1.75. The molecule has 2 aliphatic rings. The lowest BCUT2D eigenvalue weighted by Crippen LogP contribution is -2.47. The normalized spacial score (nSPS) is 22.8. The molecule has 0 unspecified atom stereocenters. The molecule has 0 amide bonds. The van der Waals surface area contributed by atoms with Gasteiger partial charge in [0, 0.05) is 12.7 Å². The average molecular weight is 217 g/mol. The molecule has 3 rings (SSSR count). The number of rotatable bonds is 0. The number of hydrogen-bond donors (Lipinski definition) is 2. The van der Waals surface area contributed by atoms with Crippen LogP contribution < -0.4 is 10.6 Å². The predicted octanol–water partition coefficient (Wildman–Crippen LogP) is 3.01. The molecule has 0 atom stereocenters. The second kappa shape index (κ2) is 3.96. The Bertz CT molecular complexity index is 367. The minimum absolute atomic E-state index is 0.296. The first-order valence-electron chi connectivity index (χ1n) is 6.34. The predicted molar refractivity (Wildman–Crippen MR) is 66.8 cm³/mol. The number of aromatic nitrogens is 1. The minimum Gasteiger partial charge on any atom is -0.380 e. The third-order valence-electron chi connectivity index (χ3n) is 3.90. The van der Waals surface area contributed by atoms with E-state index in [0.29, 0.717) is 5.54 Å². The van der Waals surface area contributed by atoms with Gasteiger partial charge in [-0.15, -0.1) is 0 Å². The van der Waals surface area contributed by atoms with Crippen LogP contribution in [0.2, 0.25) is 0 Å². The van der Waals surface area contributed by atoms with E-state index in [9.17, 15) is 0 Å². The van der Waals surface area contributed by atoms with E-state index in [0.717, 1.165) is 12.2 Å². The molecule has 16 heavy (non-hydrogen) atoms. The molecule has 1 saturated carbocycles. The lowest BCUT2D eigenvalue weighted by Gasteiger charge is -2.40. The highest BCUT2D eigenvalue weighted by molar-refractivity contribution is 5.70. The molecule has 1 spiro atoms. The van der Waals surface area contributed by atoms with Gasteiger partial charge < -0.3 is 10.6 Å². The van der Waals surface area contributed by atoms with Gasteiger partial charge in [0.2, 0.25) is 0 Å². The number of anilines is 2. The van der Waals surface area contributed by atoms with Crippen molar-refractivity contribution in [2.75, 3.05) is 17.2 Å². The Morgan fingerprint density at radius 1 is 1.06 bits per heavy atom. The fourth-order valence-corrected chi connectivity index (χ4v) is 2.95. The van der Waals surface area contributed by atoms with Gasteiger partial charge in [0.25, 0.3) is 0 Å². The zero-order chi connectivity index (χ0) is 10.8. The van der Waals surface area contributed by atoms with E-state index < -0.39 is 0 Å². The molecule has 2 N–H and O–H groups in total. The van der Waals surface area contributed by atoms with Gasteiger partial charge in [-0.05, 0) is 18.9 Å². The van der Waals surface area contributed by atoms with Crippen LogP contribution >= 0.6 is 0 Å². The summed E-state index contributed by atoms with van der Waals surface area (Å²) in [7, 11) is 0. The van der Waals surface area contributed by atoms with Gasteiger partial charge in [-0.25, -0.2) is 0 Å². The maximum atomic E-state index is 4.15. The summed E-state index contributed by atoms with van der Waals surface area (Å²) in [6.45, 7) is 1.05. The number of pyridine rings is 1. The van der Waals surface area contributed by atoms with Crippen molar-refractivity contribution in [1.82, 2.24) is 4.98 Å². The van der Waals surface area contributed by atoms with E-state index in [2.05, 4.69) is 21.7 Å². The van der Waals surface area contributed by atoms with Crippen LogP contribution in [0.15, 0.2) is 18.5 Å². The van der Waals surface area contributed by atoms with E-state index in [-0.39, 0.29) is 0 Å². The van der Waals surface area contributed by atoms with Crippen LogP contribution in [0.3, 0.4) is 0 Å². The standard InChI is InChI=1S/C13H19N3/c1-2-4-7-13(6-3-1)10-15-12-9-14-8-5-11(12)16-13/h5,8-9,15-16H,1-4,6-7,10H2. The van der Waals surface area contributed by atoms with E-state index in [1.165, 1.54) is 44.2 Å². The van der Waals surface area contributed by atoms with Crippen molar-refractivity contribution in [2.45, 2.75) is 44.1 Å². The number of nitrogens with one attached hydrogen (secondary N) is 2. The Balaban J connectivity index is 1.85. The summed E-state index contributed by atoms with van der Waals surface area (Å²) in [6.07, 6.45) is 11.9. The highest BCUT2D eigenvalue weighted by Gasteiger charge is 2.33. The molecular formula is C13H19N3. The van der Waals surface area contributed by atoms with Crippen molar-refractivity contribution in [3.63, 3.8) is 0 Å². The summed E-state index contributed by atoms with van der Waals surface area (Å²) in [5, 5.41) is 7.28. The van der Waals surface area contributed by atoms with Crippen LogP contribution in [-0.4, -0.2) is 17.1 Å². The molecule has 0 radical (unpaired) electrons. The molecule has 0 bridgehead atoms.